The van der Waals surface area contributed by atoms with Crippen molar-refractivity contribution in [2.24, 2.45) is 0 Å². The lowest BCUT2D eigenvalue weighted by molar-refractivity contribution is 0.574. The van der Waals surface area contributed by atoms with Crippen LogP contribution in [0.15, 0.2) is 59.2 Å². The minimum Gasteiger partial charge on any atom is -0.463 e. The molecule has 1 aromatic carbocycles. The number of nitrogens with zero attached hydrogens (tertiary/aromatic N) is 3. The lowest BCUT2D eigenvalue weighted by Crippen LogP contribution is -2.30. The van der Waals surface area contributed by atoms with Crippen molar-refractivity contribution in [3.63, 3.8) is 0 Å². The standard InChI is InChI=1S/C21H19N3O/c22-15-17-19(24-11-5-2-6-12-24)14-18(16-8-3-1-4-9-16)23-21(17)20-10-7-13-25-20/h1,3-4,7-10,13-14H,2,5-6,11-12H2. The van der Waals surface area contributed by atoms with E-state index in [2.05, 4.69) is 11.0 Å². The summed E-state index contributed by atoms with van der Waals surface area (Å²) in [7, 11) is 0. The van der Waals surface area contributed by atoms with Gasteiger partial charge in [0.15, 0.2) is 5.76 Å². The van der Waals surface area contributed by atoms with Crippen LogP contribution in [0.4, 0.5) is 5.69 Å². The van der Waals surface area contributed by atoms with Crippen LogP contribution in [-0.4, -0.2) is 18.1 Å². The van der Waals surface area contributed by atoms with Crippen LogP contribution in [-0.2, 0) is 0 Å². The van der Waals surface area contributed by atoms with E-state index in [1.54, 1.807) is 6.26 Å². The third kappa shape index (κ3) is 3.01. The number of nitriles is 1. The predicted octanol–water partition coefficient (Wildman–Crippen LogP) is 4.87. The molecule has 0 spiro atoms. The molecule has 0 radical (unpaired) electrons. The van der Waals surface area contributed by atoms with Crippen LogP contribution in [0.1, 0.15) is 24.8 Å². The maximum absolute atomic E-state index is 9.83. The fourth-order valence-corrected chi connectivity index (χ4v) is 3.37. The first-order chi connectivity index (χ1) is 12.4. The molecule has 0 saturated carbocycles. The molecule has 124 valence electrons. The molecule has 2 aromatic heterocycles. The second-order valence-electron chi connectivity index (χ2n) is 6.25. The molecule has 0 aliphatic carbocycles. The number of rotatable bonds is 3. The second-order valence-corrected chi connectivity index (χ2v) is 6.25. The van der Waals surface area contributed by atoms with Crippen LogP contribution in [0, 0.1) is 11.3 Å². The number of furan rings is 1. The molecule has 4 rings (SSSR count). The van der Waals surface area contributed by atoms with E-state index in [0.29, 0.717) is 17.0 Å². The Morgan fingerprint density at radius 2 is 1.80 bits per heavy atom. The number of hydrogen-bond donors (Lipinski definition) is 0. The van der Waals surface area contributed by atoms with E-state index in [9.17, 15) is 5.26 Å². The molecule has 1 saturated heterocycles. The summed E-state index contributed by atoms with van der Waals surface area (Å²) in [6, 6.07) is 18.2. The Hall–Kier alpha value is -3.06. The minimum atomic E-state index is 0.594. The van der Waals surface area contributed by atoms with Gasteiger partial charge < -0.3 is 9.32 Å². The van der Waals surface area contributed by atoms with Gasteiger partial charge in [0.2, 0.25) is 0 Å². The van der Waals surface area contributed by atoms with Gasteiger partial charge in [0.25, 0.3) is 0 Å². The van der Waals surface area contributed by atoms with E-state index in [4.69, 9.17) is 9.40 Å². The second kappa shape index (κ2) is 6.82. The normalized spacial score (nSPS) is 14.3. The lowest BCUT2D eigenvalue weighted by Gasteiger charge is -2.30. The fraction of sp³-hybridized carbons (Fsp3) is 0.238. The van der Waals surface area contributed by atoms with Crippen molar-refractivity contribution < 1.29 is 4.42 Å². The number of benzene rings is 1. The first kappa shape index (κ1) is 15.5. The van der Waals surface area contributed by atoms with Gasteiger partial charge in [0.1, 0.15) is 17.3 Å². The first-order valence-corrected chi connectivity index (χ1v) is 8.66. The number of aromatic nitrogens is 1. The maximum Gasteiger partial charge on any atom is 0.153 e. The molecular weight excluding hydrogens is 310 g/mol. The van der Waals surface area contributed by atoms with E-state index in [1.165, 1.54) is 6.42 Å². The van der Waals surface area contributed by atoms with Crippen LogP contribution in [0.25, 0.3) is 22.7 Å². The average molecular weight is 329 g/mol. The SMILES string of the molecule is N#Cc1c(N2CCCCC2)cc(-c2ccccc2)nc1-c1ccco1. The highest BCUT2D eigenvalue weighted by Crippen LogP contribution is 2.35. The molecule has 1 aliphatic rings. The molecular formula is C21H19N3O. The van der Waals surface area contributed by atoms with E-state index in [0.717, 1.165) is 42.9 Å². The molecule has 25 heavy (non-hydrogen) atoms. The molecule has 1 aliphatic heterocycles. The largest absolute Gasteiger partial charge is 0.463 e. The van der Waals surface area contributed by atoms with E-state index in [-0.39, 0.29) is 0 Å². The number of anilines is 1. The van der Waals surface area contributed by atoms with Crippen molar-refractivity contribution in [1.29, 1.82) is 5.26 Å². The predicted molar refractivity (Wildman–Crippen MR) is 98.2 cm³/mol. The zero-order chi connectivity index (χ0) is 17.1. The van der Waals surface area contributed by atoms with Crippen LogP contribution in [0.3, 0.4) is 0 Å². The summed E-state index contributed by atoms with van der Waals surface area (Å²) in [5, 5.41) is 9.83. The van der Waals surface area contributed by atoms with E-state index >= 15 is 0 Å². The Morgan fingerprint density at radius 3 is 2.48 bits per heavy atom. The first-order valence-electron chi connectivity index (χ1n) is 8.66. The highest BCUT2D eigenvalue weighted by atomic mass is 16.3. The molecule has 0 amide bonds. The number of hydrogen-bond acceptors (Lipinski definition) is 4. The Labute approximate surface area is 147 Å². The van der Waals surface area contributed by atoms with Gasteiger partial charge in [-0.15, -0.1) is 0 Å². The third-order valence-corrected chi connectivity index (χ3v) is 4.63. The summed E-state index contributed by atoms with van der Waals surface area (Å²) in [5.74, 6) is 0.632. The summed E-state index contributed by atoms with van der Waals surface area (Å²) < 4.78 is 5.56. The van der Waals surface area contributed by atoms with Crippen LogP contribution < -0.4 is 4.90 Å². The topological polar surface area (TPSA) is 53.1 Å². The van der Waals surface area contributed by atoms with Crippen molar-refractivity contribution in [2.45, 2.75) is 19.3 Å². The molecule has 0 N–H and O–H groups in total. The van der Waals surface area contributed by atoms with Crippen LogP contribution in [0.5, 0.6) is 0 Å². The molecule has 3 aromatic rings. The molecule has 3 heterocycles. The summed E-state index contributed by atoms with van der Waals surface area (Å²) in [6.45, 7) is 1.95. The van der Waals surface area contributed by atoms with Gasteiger partial charge in [-0.25, -0.2) is 4.98 Å². The Morgan fingerprint density at radius 1 is 1.00 bits per heavy atom. The molecule has 4 nitrogen and oxygen atoms in total. The summed E-state index contributed by atoms with van der Waals surface area (Å²) in [6.07, 6.45) is 5.18. The number of piperidine rings is 1. The molecule has 4 heteroatoms. The van der Waals surface area contributed by atoms with E-state index in [1.807, 2.05) is 48.5 Å². The average Bonchev–Trinajstić information content (AvgIpc) is 3.23. The molecule has 0 unspecified atom stereocenters. The molecule has 0 bridgehead atoms. The molecule has 1 fully saturated rings. The van der Waals surface area contributed by atoms with Crippen molar-refractivity contribution in [3.05, 3.63) is 60.4 Å². The Kier molecular flexibility index (Phi) is 4.22. The zero-order valence-electron chi connectivity index (χ0n) is 14.0. The van der Waals surface area contributed by atoms with Crippen molar-refractivity contribution in [3.8, 4) is 28.8 Å². The monoisotopic (exact) mass is 329 g/mol. The smallest absolute Gasteiger partial charge is 0.153 e. The van der Waals surface area contributed by atoms with Gasteiger partial charge >= 0.3 is 0 Å². The lowest BCUT2D eigenvalue weighted by atomic mass is 10.0. The molecule has 0 atom stereocenters. The third-order valence-electron chi connectivity index (χ3n) is 4.63. The highest BCUT2D eigenvalue weighted by molar-refractivity contribution is 5.78. The van der Waals surface area contributed by atoms with E-state index < -0.39 is 0 Å². The minimum absolute atomic E-state index is 0.594. The van der Waals surface area contributed by atoms with Crippen LogP contribution in [0.2, 0.25) is 0 Å². The zero-order valence-corrected chi connectivity index (χ0v) is 14.0. The van der Waals surface area contributed by atoms with Crippen LogP contribution >= 0.6 is 0 Å². The number of pyridine rings is 1. The van der Waals surface area contributed by atoms with Gasteiger partial charge in [-0.05, 0) is 37.5 Å². The van der Waals surface area contributed by atoms with Gasteiger partial charge in [-0.2, -0.15) is 5.26 Å². The summed E-state index contributed by atoms with van der Waals surface area (Å²) in [4.78, 5) is 7.08. The Balaban J connectivity index is 1.92. The Bertz CT molecular complexity index is 889. The van der Waals surface area contributed by atoms with Gasteiger partial charge in [0.05, 0.1) is 17.6 Å². The van der Waals surface area contributed by atoms with Gasteiger partial charge in [-0.1, -0.05) is 30.3 Å². The van der Waals surface area contributed by atoms with Crippen molar-refractivity contribution >= 4 is 5.69 Å². The maximum atomic E-state index is 9.83. The summed E-state index contributed by atoms with van der Waals surface area (Å²) >= 11 is 0. The summed E-state index contributed by atoms with van der Waals surface area (Å²) in [5.41, 5.74) is 4.08. The van der Waals surface area contributed by atoms with Crippen molar-refractivity contribution in [1.82, 2.24) is 4.98 Å². The fourth-order valence-electron chi connectivity index (χ4n) is 3.37. The highest BCUT2D eigenvalue weighted by Gasteiger charge is 2.22. The quantitative estimate of drug-likeness (QED) is 0.688. The van der Waals surface area contributed by atoms with Gasteiger partial charge in [-0.3, -0.25) is 0 Å². The van der Waals surface area contributed by atoms with Crippen molar-refractivity contribution in [2.75, 3.05) is 18.0 Å². The van der Waals surface area contributed by atoms with Gasteiger partial charge in [0, 0.05) is 18.7 Å².